The number of hydrogen-bond donors (Lipinski definition) is 1. The molecule has 1 N–H and O–H groups in total. The number of unbranched alkanes of at least 4 members (excludes halogenated alkanes) is 1. The van der Waals surface area contributed by atoms with Gasteiger partial charge in [-0.25, -0.2) is 14.3 Å². The summed E-state index contributed by atoms with van der Waals surface area (Å²) in [4.78, 5) is 17.4. The third-order valence-electron chi connectivity index (χ3n) is 2.82. The number of anilines is 1. The van der Waals surface area contributed by atoms with E-state index in [9.17, 15) is 4.79 Å². The van der Waals surface area contributed by atoms with Gasteiger partial charge in [0.15, 0.2) is 5.65 Å². The van der Waals surface area contributed by atoms with Gasteiger partial charge in [-0.1, -0.05) is 13.3 Å². The third-order valence-corrected chi connectivity index (χ3v) is 2.82. The molecule has 0 aliphatic heterocycles. The summed E-state index contributed by atoms with van der Waals surface area (Å²) in [5.41, 5.74) is 0.504. The van der Waals surface area contributed by atoms with Gasteiger partial charge < -0.3 is 10.0 Å². The fraction of sp³-hybridized carbons (Fsp3) is 0.417. The molecule has 0 radical (unpaired) electrons. The second-order valence-electron chi connectivity index (χ2n) is 4.19. The average Bonchev–Trinajstić information content (AvgIpc) is 2.78. The van der Waals surface area contributed by atoms with E-state index in [2.05, 4.69) is 17.0 Å². The van der Waals surface area contributed by atoms with E-state index in [4.69, 9.17) is 5.11 Å². The zero-order valence-electron chi connectivity index (χ0n) is 10.5. The minimum absolute atomic E-state index is 0.126. The van der Waals surface area contributed by atoms with Gasteiger partial charge in [-0.15, -0.1) is 0 Å². The first-order chi connectivity index (χ1) is 8.63. The van der Waals surface area contributed by atoms with E-state index in [0.29, 0.717) is 5.65 Å². The van der Waals surface area contributed by atoms with Crippen molar-refractivity contribution in [2.45, 2.75) is 19.8 Å². The normalized spacial score (nSPS) is 10.8. The predicted octanol–water partition coefficient (Wildman–Crippen LogP) is 1.66. The number of carboxylic acids is 1. The largest absolute Gasteiger partial charge is 0.477 e. The lowest BCUT2D eigenvalue weighted by molar-refractivity contribution is 0.0699. The standard InChI is InChI=1S/C12H16N4O2/c1-3-4-6-15(2)10-5-7-16-11(14-10)9(8-13-16)12(17)18/h5,7-8H,3-4,6H2,1-2H3,(H,17,18). The van der Waals surface area contributed by atoms with E-state index in [0.717, 1.165) is 25.2 Å². The molecule has 0 fully saturated rings. The zero-order valence-corrected chi connectivity index (χ0v) is 10.5. The second-order valence-corrected chi connectivity index (χ2v) is 4.19. The fourth-order valence-corrected chi connectivity index (χ4v) is 1.73. The number of carboxylic acid groups (broad SMARTS) is 1. The van der Waals surface area contributed by atoms with E-state index in [1.807, 2.05) is 18.0 Å². The van der Waals surface area contributed by atoms with Gasteiger partial charge in [0.1, 0.15) is 11.4 Å². The lowest BCUT2D eigenvalue weighted by Crippen LogP contribution is -2.19. The molecule has 0 aromatic carbocycles. The molecule has 2 aromatic rings. The maximum Gasteiger partial charge on any atom is 0.341 e. The quantitative estimate of drug-likeness (QED) is 0.871. The Kier molecular flexibility index (Phi) is 3.45. The van der Waals surface area contributed by atoms with Crippen molar-refractivity contribution in [3.05, 3.63) is 24.0 Å². The molecule has 6 nitrogen and oxygen atoms in total. The molecule has 0 saturated carbocycles. The van der Waals surface area contributed by atoms with E-state index in [1.165, 1.54) is 10.7 Å². The Bertz CT molecular complexity index is 564. The van der Waals surface area contributed by atoms with Gasteiger partial charge in [-0.2, -0.15) is 5.10 Å². The minimum Gasteiger partial charge on any atom is -0.477 e. The van der Waals surface area contributed by atoms with Crippen LogP contribution in [0, 0.1) is 0 Å². The van der Waals surface area contributed by atoms with E-state index >= 15 is 0 Å². The summed E-state index contributed by atoms with van der Waals surface area (Å²) in [5, 5.41) is 13.0. The van der Waals surface area contributed by atoms with Gasteiger partial charge in [-0.05, 0) is 12.5 Å². The van der Waals surface area contributed by atoms with E-state index in [1.54, 1.807) is 6.20 Å². The molecule has 0 aliphatic carbocycles. The van der Waals surface area contributed by atoms with Crippen LogP contribution in [0.3, 0.4) is 0 Å². The van der Waals surface area contributed by atoms with Gasteiger partial charge in [0.05, 0.1) is 6.20 Å². The fourth-order valence-electron chi connectivity index (χ4n) is 1.73. The Hall–Kier alpha value is -2.11. The highest BCUT2D eigenvalue weighted by atomic mass is 16.4. The van der Waals surface area contributed by atoms with E-state index in [-0.39, 0.29) is 5.56 Å². The molecule has 2 heterocycles. The van der Waals surface area contributed by atoms with Crippen molar-refractivity contribution >= 4 is 17.4 Å². The molecular formula is C12H16N4O2. The average molecular weight is 248 g/mol. The Labute approximate surface area is 105 Å². The molecule has 0 spiro atoms. The highest BCUT2D eigenvalue weighted by molar-refractivity contribution is 5.94. The summed E-state index contributed by atoms with van der Waals surface area (Å²) >= 11 is 0. The van der Waals surface area contributed by atoms with Gasteiger partial charge in [-0.3, -0.25) is 0 Å². The number of rotatable bonds is 5. The lowest BCUT2D eigenvalue weighted by atomic mass is 10.3. The third kappa shape index (κ3) is 2.27. The maximum absolute atomic E-state index is 11.0. The number of nitrogens with zero attached hydrogens (tertiary/aromatic N) is 4. The van der Waals surface area contributed by atoms with Crippen LogP contribution in [-0.2, 0) is 0 Å². The van der Waals surface area contributed by atoms with Crippen molar-refractivity contribution in [1.29, 1.82) is 0 Å². The molecule has 0 saturated heterocycles. The van der Waals surface area contributed by atoms with Crippen molar-refractivity contribution in [1.82, 2.24) is 14.6 Å². The van der Waals surface area contributed by atoms with Crippen molar-refractivity contribution in [3.8, 4) is 0 Å². The number of hydrogen-bond acceptors (Lipinski definition) is 4. The number of carbonyl (C=O) groups is 1. The molecule has 0 amide bonds. The molecule has 6 heteroatoms. The molecule has 18 heavy (non-hydrogen) atoms. The van der Waals surface area contributed by atoms with Crippen LogP contribution in [0.1, 0.15) is 30.1 Å². The van der Waals surface area contributed by atoms with Gasteiger partial charge in [0, 0.05) is 19.8 Å². The number of fused-ring (bicyclic) bond motifs is 1. The summed E-state index contributed by atoms with van der Waals surface area (Å²) in [6.45, 7) is 3.03. The molecule has 0 bridgehead atoms. The summed E-state index contributed by atoms with van der Waals surface area (Å²) in [7, 11) is 1.95. The van der Waals surface area contributed by atoms with Crippen LogP contribution in [-0.4, -0.2) is 39.3 Å². The van der Waals surface area contributed by atoms with Gasteiger partial charge in [0.2, 0.25) is 0 Å². The number of aromatic carboxylic acids is 1. The highest BCUT2D eigenvalue weighted by Gasteiger charge is 2.13. The first-order valence-electron chi connectivity index (χ1n) is 5.92. The SMILES string of the molecule is CCCCN(C)c1ccn2ncc(C(=O)O)c2n1. The Morgan fingerprint density at radius 2 is 2.33 bits per heavy atom. The predicted molar refractivity (Wildman–Crippen MR) is 68.1 cm³/mol. The molecule has 0 aliphatic rings. The Morgan fingerprint density at radius 3 is 3.00 bits per heavy atom. The minimum atomic E-state index is -1.01. The van der Waals surface area contributed by atoms with Crippen molar-refractivity contribution in [2.75, 3.05) is 18.5 Å². The van der Waals surface area contributed by atoms with Gasteiger partial charge in [0.25, 0.3) is 0 Å². The molecule has 0 atom stereocenters. The van der Waals surface area contributed by atoms with Crippen molar-refractivity contribution in [2.24, 2.45) is 0 Å². The van der Waals surface area contributed by atoms with Crippen LogP contribution in [0.5, 0.6) is 0 Å². The zero-order chi connectivity index (χ0) is 13.1. The maximum atomic E-state index is 11.0. The van der Waals surface area contributed by atoms with Gasteiger partial charge >= 0.3 is 5.97 Å². The number of aromatic nitrogens is 3. The van der Waals surface area contributed by atoms with Crippen LogP contribution in [0.15, 0.2) is 18.5 Å². The summed E-state index contributed by atoms with van der Waals surface area (Å²) in [6.07, 6.45) is 5.24. The topological polar surface area (TPSA) is 70.7 Å². The highest BCUT2D eigenvalue weighted by Crippen LogP contribution is 2.14. The smallest absolute Gasteiger partial charge is 0.341 e. The van der Waals surface area contributed by atoms with Crippen LogP contribution in [0.2, 0.25) is 0 Å². The molecule has 2 aromatic heterocycles. The molecule has 2 rings (SSSR count). The summed E-state index contributed by atoms with van der Waals surface area (Å²) in [6, 6.07) is 1.83. The van der Waals surface area contributed by atoms with Crippen LogP contribution < -0.4 is 4.90 Å². The second kappa shape index (κ2) is 5.03. The summed E-state index contributed by atoms with van der Waals surface area (Å²) in [5.74, 6) is -0.246. The Morgan fingerprint density at radius 1 is 1.56 bits per heavy atom. The summed E-state index contributed by atoms with van der Waals surface area (Å²) < 4.78 is 1.47. The van der Waals surface area contributed by atoms with E-state index < -0.39 is 5.97 Å². The molecule has 0 unspecified atom stereocenters. The molecule has 96 valence electrons. The molecular weight excluding hydrogens is 232 g/mol. The Balaban J connectivity index is 2.36. The first kappa shape index (κ1) is 12.3. The van der Waals surface area contributed by atoms with Crippen LogP contribution in [0.25, 0.3) is 5.65 Å². The lowest BCUT2D eigenvalue weighted by Gasteiger charge is -2.17. The van der Waals surface area contributed by atoms with Crippen LogP contribution in [0.4, 0.5) is 5.82 Å². The monoisotopic (exact) mass is 248 g/mol. The van der Waals surface area contributed by atoms with Crippen LogP contribution >= 0.6 is 0 Å². The van der Waals surface area contributed by atoms with Crippen molar-refractivity contribution in [3.63, 3.8) is 0 Å². The first-order valence-corrected chi connectivity index (χ1v) is 5.92. The van der Waals surface area contributed by atoms with Crippen molar-refractivity contribution < 1.29 is 9.90 Å².